The van der Waals surface area contributed by atoms with Crippen molar-refractivity contribution >= 4 is 29.4 Å². The number of thioether (sulfide) groups is 1. The molecule has 164 valence electrons. The topological polar surface area (TPSA) is 127 Å². The number of aryl methyl sites for hydroxylation is 1. The molecule has 4 rings (SSSR count). The Morgan fingerprint density at radius 3 is 2.72 bits per heavy atom. The lowest BCUT2D eigenvalue weighted by Gasteiger charge is -2.24. The third-order valence-corrected chi connectivity index (χ3v) is 6.00. The number of amides is 2. The van der Waals surface area contributed by atoms with Gasteiger partial charge in [0.05, 0.1) is 5.56 Å². The van der Waals surface area contributed by atoms with Crippen molar-refractivity contribution in [2.24, 2.45) is 5.73 Å². The Morgan fingerprint density at radius 1 is 1.22 bits per heavy atom. The Morgan fingerprint density at radius 2 is 2.00 bits per heavy atom. The minimum Gasteiger partial charge on any atom is -0.484 e. The van der Waals surface area contributed by atoms with Crippen LogP contribution >= 0.6 is 11.8 Å². The molecule has 0 unspecified atom stereocenters. The van der Waals surface area contributed by atoms with Crippen LogP contribution in [-0.4, -0.2) is 28.4 Å². The Labute approximate surface area is 188 Å². The molecule has 1 aromatic heterocycles. The monoisotopic (exact) mass is 450 g/mol. The summed E-state index contributed by atoms with van der Waals surface area (Å²) in [6.45, 7) is 1.81. The summed E-state index contributed by atoms with van der Waals surface area (Å²) in [5.41, 5.74) is 8.30. The lowest BCUT2D eigenvalue weighted by Crippen LogP contribution is -2.31. The minimum atomic E-state index is -0.569. The highest BCUT2D eigenvalue weighted by Crippen LogP contribution is 2.35. The van der Waals surface area contributed by atoms with Gasteiger partial charge in [-0.05, 0) is 30.2 Å². The molecular formula is C23H22N4O4S. The molecule has 1 atom stereocenters. The van der Waals surface area contributed by atoms with Crippen LogP contribution in [0.2, 0.25) is 0 Å². The van der Waals surface area contributed by atoms with Crippen molar-refractivity contribution < 1.29 is 14.3 Å². The quantitative estimate of drug-likeness (QED) is 0.375. The van der Waals surface area contributed by atoms with E-state index in [4.69, 9.17) is 10.5 Å². The zero-order valence-corrected chi connectivity index (χ0v) is 18.2. The van der Waals surface area contributed by atoms with E-state index in [0.717, 1.165) is 16.7 Å². The summed E-state index contributed by atoms with van der Waals surface area (Å²) in [5, 5.41) is 3.18. The average Bonchev–Trinajstić information content (AvgIpc) is 2.76. The van der Waals surface area contributed by atoms with Crippen LogP contribution in [0.5, 0.6) is 5.75 Å². The number of primary amides is 1. The maximum atomic E-state index is 12.9. The number of hydrogen-bond acceptors (Lipinski definition) is 6. The van der Waals surface area contributed by atoms with Crippen LogP contribution in [0.3, 0.4) is 0 Å². The van der Waals surface area contributed by atoms with Crippen LogP contribution in [-0.2, 0) is 15.3 Å². The molecule has 1 aliphatic heterocycles. The fraction of sp³-hybridized carbons (Fsp3) is 0.217. The number of benzene rings is 2. The summed E-state index contributed by atoms with van der Waals surface area (Å²) in [6, 6.07) is 15.0. The van der Waals surface area contributed by atoms with E-state index in [0.29, 0.717) is 22.2 Å². The number of aromatic nitrogens is 2. The molecule has 0 fully saturated rings. The first-order valence-electron chi connectivity index (χ1n) is 10.0. The summed E-state index contributed by atoms with van der Waals surface area (Å²) >= 11 is 1.40. The minimum absolute atomic E-state index is 0.134. The van der Waals surface area contributed by atoms with Gasteiger partial charge in [-0.15, -0.1) is 0 Å². The number of carbonyl (C=O) groups excluding carboxylic acids is 2. The predicted octanol–water partition coefficient (Wildman–Crippen LogP) is 2.71. The molecule has 2 heterocycles. The van der Waals surface area contributed by atoms with Gasteiger partial charge in [0.1, 0.15) is 11.6 Å². The number of nitrogens with one attached hydrogen (secondary N) is 2. The lowest BCUT2D eigenvalue weighted by molar-refractivity contribution is -0.120. The molecular weight excluding hydrogens is 428 g/mol. The second kappa shape index (κ2) is 9.27. The third kappa shape index (κ3) is 5.00. The summed E-state index contributed by atoms with van der Waals surface area (Å²) in [4.78, 5) is 43.5. The number of H-pyrrole nitrogens is 1. The number of fused-ring (bicyclic) bond motifs is 1. The van der Waals surface area contributed by atoms with Crippen LogP contribution in [0.4, 0.5) is 5.82 Å². The van der Waals surface area contributed by atoms with Crippen LogP contribution in [0.1, 0.15) is 34.6 Å². The van der Waals surface area contributed by atoms with E-state index < -0.39 is 11.8 Å². The van der Waals surface area contributed by atoms with E-state index in [2.05, 4.69) is 21.4 Å². The van der Waals surface area contributed by atoms with Gasteiger partial charge < -0.3 is 20.8 Å². The van der Waals surface area contributed by atoms with Crippen molar-refractivity contribution in [3.8, 4) is 5.75 Å². The number of hydrogen-bond donors (Lipinski definition) is 3. The number of ether oxygens (including phenoxy) is 1. The molecule has 0 aliphatic carbocycles. The molecule has 8 nitrogen and oxygen atoms in total. The molecule has 0 saturated carbocycles. The molecule has 9 heteroatoms. The average molecular weight is 451 g/mol. The van der Waals surface area contributed by atoms with Crippen LogP contribution in [0, 0.1) is 6.92 Å². The molecule has 0 spiro atoms. The smallest absolute Gasteiger partial charge is 0.257 e. The van der Waals surface area contributed by atoms with Crippen LogP contribution in [0.15, 0.2) is 58.5 Å². The largest absolute Gasteiger partial charge is 0.484 e. The molecule has 0 saturated heterocycles. The number of anilines is 1. The molecule has 3 aromatic rings. The first-order valence-corrected chi connectivity index (χ1v) is 11.0. The zero-order chi connectivity index (χ0) is 22.7. The normalized spacial score (nSPS) is 15.0. The van der Waals surface area contributed by atoms with E-state index >= 15 is 0 Å². The predicted molar refractivity (Wildman–Crippen MR) is 122 cm³/mol. The molecule has 0 bridgehead atoms. The summed E-state index contributed by atoms with van der Waals surface area (Å²) < 4.78 is 5.27. The number of nitrogens with two attached hydrogens (primary N) is 1. The number of nitrogens with zero attached hydrogens (tertiary/aromatic N) is 1. The van der Waals surface area contributed by atoms with Crippen molar-refractivity contribution in [2.45, 2.75) is 30.2 Å². The van der Waals surface area contributed by atoms with Gasteiger partial charge >= 0.3 is 0 Å². The Kier molecular flexibility index (Phi) is 6.27. The van der Waals surface area contributed by atoms with Gasteiger partial charge in [0.15, 0.2) is 11.8 Å². The molecule has 4 N–H and O–H groups in total. The van der Waals surface area contributed by atoms with Crippen LogP contribution < -0.4 is 21.3 Å². The maximum absolute atomic E-state index is 12.9. The number of rotatable bonds is 7. The van der Waals surface area contributed by atoms with Crippen LogP contribution in [0.25, 0.3) is 0 Å². The number of carbonyl (C=O) groups is 2. The fourth-order valence-corrected chi connectivity index (χ4v) is 4.41. The van der Waals surface area contributed by atoms with E-state index in [1.54, 1.807) is 24.3 Å². The van der Waals surface area contributed by atoms with Crippen molar-refractivity contribution in [2.75, 3.05) is 11.9 Å². The summed E-state index contributed by atoms with van der Waals surface area (Å²) in [5.74, 6) is 0.202. The van der Waals surface area contributed by atoms with Gasteiger partial charge in [-0.25, -0.2) is 4.98 Å². The van der Waals surface area contributed by atoms with Crippen molar-refractivity contribution in [1.82, 2.24) is 9.97 Å². The first-order chi connectivity index (χ1) is 15.4. The van der Waals surface area contributed by atoms with E-state index in [1.807, 2.05) is 25.1 Å². The highest BCUT2D eigenvalue weighted by molar-refractivity contribution is 7.98. The van der Waals surface area contributed by atoms with Gasteiger partial charge in [0.2, 0.25) is 5.91 Å². The third-order valence-electron chi connectivity index (χ3n) is 5.05. The molecule has 2 aromatic carbocycles. The standard InChI is InChI=1S/C23H22N4O4S/c1-13-3-2-4-14(9-13)12-32-23-26-21-20(22(30)27-23)17(10-19(29)25-21)15-5-7-16(8-6-15)31-11-18(24)28/h2-9,17H,10-12H2,1H3,(H2,24,28)(H2,25,26,27,29,30)/t17-/m0/s1. The Balaban J connectivity index is 1.57. The molecule has 1 aliphatic rings. The second-order valence-corrected chi connectivity index (χ2v) is 8.50. The van der Waals surface area contributed by atoms with E-state index in [-0.39, 0.29) is 30.3 Å². The highest BCUT2D eigenvalue weighted by atomic mass is 32.2. The molecule has 32 heavy (non-hydrogen) atoms. The van der Waals surface area contributed by atoms with Crippen molar-refractivity contribution in [3.05, 3.63) is 81.1 Å². The first kappa shape index (κ1) is 21.6. The number of aromatic amines is 1. The van der Waals surface area contributed by atoms with Crippen molar-refractivity contribution in [3.63, 3.8) is 0 Å². The fourth-order valence-electron chi connectivity index (χ4n) is 3.61. The lowest BCUT2D eigenvalue weighted by atomic mass is 9.87. The maximum Gasteiger partial charge on any atom is 0.257 e. The van der Waals surface area contributed by atoms with Gasteiger partial charge in [-0.3, -0.25) is 14.4 Å². The van der Waals surface area contributed by atoms with E-state index in [9.17, 15) is 14.4 Å². The zero-order valence-electron chi connectivity index (χ0n) is 17.4. The molecule has 2 amide bonds. The van der Waals surface area contributed by atoms with Crippen molar-refractivity contribution in [1.29, 1.82) is 0 Å². The summed E-state index contributed by atoms with van der Waals surface area (Å²) in [7, 11) is 0. The van der Waals surface area contributed by atoms with Gasteiger partial charge in [-0.2, -0.15) is 0 Å². The van der Waals surface area contributed by atoms with Gasteiger partial charge in [-0.1, -0.05) is 53.7 Å². The van der Waals surface area contributed by atoms with E-state index in [1.165, 1.54) is 11.8 Å². The SMILES string of the molecule is Cc1cccc(CSc2nc3c(c(=O)[nH]2)[C@H](c2ccc(OCC(N)=O)cc2)CC(=O)N3)c1. The van der Waals surface area contributed by atoms with Gasteiger partial charge in [0.25, 0.3) is 11.5 Å². The summed E-state index contributed by atoms with van der Waals surface area (Å²) in [6.07, 6.45) is 0.134. The highest BCUT2D eigenvalue weighted by Gasteiger charge is 2.31. The molecule has 0 radical (unpaired) electrons. The second-order valence-electron chi connectivity index (χ2n) is 7.54. The van der Waals surface area contributed by atoms with Gasteiger partial charge in [0, 0.05) is 18.1 Å². The Hall–Kier alpha value is -3.59. The Bertz CT molecular complexity index is 1220.